The van der Waals surface area contributed by atoms with Crippen molar-refractivity contribution in [3.05, 3.63) is 54.6 Å². The molecule has 2 atom stereocenters. The van der Waals surface area contributed by atoms with Gasteiger partial charge in [-0.15, -0.1) is 0 Å². The van der Waals surface area contributed by atoms with Gasteiger partial charge in [0.2, 0.25) is 15.9 Å². The number of aliphatic hydroxyl groups excluding tert-OH is 2. The summed E-state index contributed by atoms with van der Waals surface area (Å²) in [6.07, 6.45) is -1.07. The van der Waals surface area contributed by atoms with E-state index in [1.807, 2.05) is 30.3 Å². The zero-order chi connectivity index (χ0) is 22.4. The molecule has 2 aromatic rings. The molecule has 1 fully saturated rings. The molecule has 0 aromatic heterocycles. The maximum atomic E-state index is 13.3. The predicted molar refractivity (Wildman–Crippen MR) is 115 cm³/mol. The molecular weight excluding hydrogens is 422 g/mol. The summed E-state index contributed by atoms with van der Waals surface area (Å²) >= 11 is 0. The van der Waals surface area contributed by atoms with Gasteiger partial charge in [-0.2, -0.15) is 4.31 Å². The Morgan fingerprint density at radius 1 is 1.19 bits per heavy atom. The molecule has 0 spiro atoms. The lowest BCUT2D eigenvalue weighted by atomic mass is 10.1. The van der Waals surface area contributed by atoms with Crippen molar-refractivity contribution in [2.24, 2.45) is 5.16 Å². The van der Waals surface area contributed by atoms with Crippen molar-refractivity contribution in [3.8, 4) is 11.1 Å². The molecule has 1 aliphatic heterocycles. The van der Waals surface area contributed by atoms with E-state index in [9.17, 15) is 18.3 Å². The smallest absolute Gasteiger partial charge is 0.244 e. The summed E-state index contributed by atoms with van der Waals surface area (Å²) in [5, 5.41) is 24.7. The maximum absolute atomic E-state index is 13.3. The van der Waals surface area contributed by atoms with Gasteiger partial charge < -0.3 is 20.4 Å². The van der Waals surface area contributed by atoms with Crippen LogP contribution in [0.25, 0.3) is 11.1 Å². The number of nitrogens with one attached hydrogen (secondary N) is 1. The van der Waals surface area contributed by atoms with Crippen LogP contribution >= 0.6 is 0 Å². The maximum Gasteiger partial charge on any atom is 0.244 e. The van der Waals surface area contributed by atoms with Gasteiger partial charge in [-0.3, -0.25) is 4.79 Å². The summed E-state index contributed by atoms with van der Waals surface area (Å²) in [7, 11) is -2.66. The Morgan fingerprint density at radius 3 is 2.45 bits per heavy atom. The van der Waals surface area contributed by atoms with Crippen LogP contribution in [0.2, 0.25) is 0 Å². The lowest BCUT2D eigenvalue weighted by Gasteiger charge is -2.23. The molecule has 2 unspecified atom stereocenters. The fraction of sp³-hybridized carbons (Fsp3) is 0.333. The number of hydrogen-bond acceptors (Lipinski definition) is 7. The Morgan fingerprint density at radius 2 is 1.84 bits per heavy atom. The van der Waals surface area contributed by atoms with Crippen LogP contribution in [0.5, 0.6) is 0 Å². The van der Waals surface area contributed by atoms with Gasteiger partial charge in [0.1, 0.15) is 13.2 Å². The zero-order valence-electron chi connectivity index (χ0n) is 17.0. The minimum Gasteiger partial charge on any atom is -0.399 e. The highest BCUT2D eigenvalue weighted by atomic mass is 32.2. The number of nitrogens with zero attached hydrogens (tertiary/aromatic N) is 2. The lowest BCUT2D eigenvalue weighted by Crippen LogP contribution is -2.47. The Labute approximate surface area is 181 Å². The molecule has 0 aliphatic carbocycles. The van der Waals surface area contributed by atoms with E-state index in [0.717, 1.165) is 15.4 Å². The number of carbonyl (C=O) groups is 1. The number of rotatable bonds is 8. The van der Waals surface area contributed by atoms with Gasteiger partial charge in [-0.25, -0.2) is 8.42 Å². The molecule has 1 saturated heterocycles. The predicted octanol–water partition coefficient (Wildman–Crippen LogP) is 0.588. The standard InChI is InChI=1S/C21H25N3O6S/c1-30-23-17-11-20(21(27)22-12-18(26)14-25)24(13-17)31(28,29)19-9-7-16(8-10-19)15-5-3-2-4-6-15/h2-10,18,20,25-26H,11-14H2,1H3,(H,22,27). The van der Waals surface area contributed by atoms with Crippen molar-refractivity contribution < 1.29 is 28.3 Å². The van der Waals surface area contributed by atoms with E-state index < -0.39 is 34.7 Å². The molecule has 1 heterocycles. The van der Waals surface area contributed by atoms with Gasteiger partial charge in [-0.1, -0.05) is 47.6 Å². The SMILES string of the molecule is CON=C1CC(C(=O)NCC(O)CO)N(S(=O)(=O)c2ccc(-c3ccccc3)cc2)C1. The van der Waals surface area contributed by atoms with E-state index in [0.29, 0.717) is 5.71 Å². The van der Waals surface area contributed by atoms with Crippen LogP contribution in [0.1, 0.15) is 6.42 Å². The first-order valence-corrected chi connectivity index (χ1v) is 11.1. The van der Waals surface area contributed by atoms with Crippen LogP contribution in [0.15, 0.2) is 64.6 Å². The van der Waals surface area contributed by atoms with Crippen LogP contribution in [0.4, 0.5) is 0 Å². The first kappa shape index (κ1) is 22.9. The van der Waals surface area contributed by atoms with Crippen LogP contribution in [0, 0.1) is 0 Å². The molecule has 166 valence electrons. The molecule has 2 aromatic carbocycles. The van der Waals surface area contributed by atoms with Crippen LogP contribution < -0.4 is 5.32 Å². The normalized spacial score (nSPS) is 19.3. The van der Waals surface area contributed by atoms with Crippen molar-refractivity contribution in [2.75, 3.05) is 26.8 Å². The number of sulfonamides is 1. The Hall–Kier alpha value is -2.79. The van der Waals surface area contributed by atoms with E-state index in [2.05, 4.69) is 10.5 Å². The molecule has 3 rings (SSSR count). The van der Waals surface area contributed by atoms with Crippen molar-refractivity contribution in [1.82, 2.24) is 9.62 Å². The Kier molecular flexibility index (Phi) is 7.39. The number of amides is 1. The minimum absolute atomic E-state index is 0.0547. The van der Waals surface area contributed by atoms with E-state index in [-0.39, 0.29) is 24.4 Å². The number of hydrogen-bond donors (Lipinski definition) is 3. The first-order chi connectivity index (χ1) is 14.9. The molecule has 10 heteroatoms. The van der Waals surface area contributed by atoms with Crippen molar-refractivity contribution in [1.29, 1.82) is 0 Å². The van der Waals surface area contributed by atoms with Crippen molar-refractivity contribution >= 4 is 21.6 Å². The van der Waals surface area contributed by atoms with Crippen molar-refractivity contribution in [3.63, 3.8) is 0 Å². The molecule has 0 bridgehead atoms. The first-order valence-electron chi connectivity index (χ1n) is 9.69. The summed E-state index contributed by atoms with van der Waals surface area (Å²) in [4.78, 5) is 17.5. The Balaban J connectivity index is 1.85. The largest absolute Gasteiger partial charge is 0.399 e. The molecule has 31 heavy (non-hydrogen) atoms. The Bertz CT molecular complexity index is 1020. The fourth-order valence-electron chi connectivity index (χ4n) is 3.34. The summed E-state index contributed by atoms with van der Waals surface area (Å²) in [6.45, 7) is -0.795. The second-order valence-corrected chi connectivity index (χ2v) is 8.97. The van der Waals surface area contributed by atoms with Gasteiger partial charge in [0.05, 0.1) is 29.9 Å². The van der Waals surface area contributed by atoms with Crippen LogP contribution in [-0.2, 0) is 19.7 Å². The summed E-state index contributed by atoms with van der Waals surface area (Å²) in [5.41, 5.74) is 2.24. The topological polar surface area (TPSA) is 129 Å². The van der Waals surface area contributed by atoms with Gasteiger partial charge in [0.25, 0.3) is 0 Å². The lowest BCUT2D eigenvalue weighted by molar-refractivity contribution is -0.124. The highest BCUT2D eigenvalue weighted by Crippen LogP contribution is 2.27. The monoisotopic (exact) mass is 447 g/mol. The molecule has 0 saturated carbocycles. The average Bonchev–Trinajstić information content (AvgIpc) is 3.23. The second-order valence-electron chi connectivity index (χ2n) is 7.08. The van der Waals surface area contributed by atoms with E-state index >= 15 is 0 Å². The van der Waals surface area contributed by atoms with Gasteiger partial charge in [0.15, 0.2) is 0 Å². The third-order valence-electron chi connectivity index (χ3n) is 4.93. The van der Waals surface area contributed by atoms with E-state index in [4.69, 9.17) is 9.94 Å². The molecule has 0 radical (unpaired) electrons. The number of carbonyl (C=O) groups excluding carboxylic acids is 1. The molecule has 1 aliphatic rings. The number of benzene rings is 2. The van der Waals surface area contributed by atoms with Crippen LogP contribution in [-0.4, -0.2) is 73.5 Å². The van der Waals surface area contributed by atoms with Crippen LogP contribution in [0.3, 0.4) is 0 Å². The fourth-order valence-corrected chi connectivity index (χ4v) is 4.91. The highest BCUT2D eigenvalue weighted by Gasteiger charge is 2.42. The van der Waals surface area contributed by atoms with Gasteiger partial charge >= 0.3 is 0 Å². The summed E-state index contributed by atoms with van der Waals surface area (Å²) < 4.78 is 27.7. The molecule has 1 amide bonds. The third-order valence-corrected chi connectivity index (χ3v) is 6.80. The second kappa shape index (κ2) is 10.0. The van der Waals surface area contributed by atoms with Gasteiger partial charge in [0, 0.05) is 13.0 Å². The van der Waals surface area contributed by atoms with Crippen molar-refractivity contribution in [2.45, 2.75) is 23.5 Å². The summed E-state index contributed by atoms with van der Waals surface area (Å²) in [6, 6.07) is 15.0. The molecular formula is C21H25N3O6S. The quantitative estimate of drug-likeness (QED) is 0.508. The number of oxime groups is 1. The van der Waals surface area contributed by atoms with E-state index in [1.54, 1.807) is 12.1 Å². The molecule has 3 N–H and O–H groups in total. The summed E-state index contributed by atoms with van der Waals surface area (Å²) in [5.74, 6) is -0.585. The minimum atomic E-state index is -4.00. The average molecular weight is 448 g/mol. The van der Waals surface area contributed by atoms with Gasteiger partial charge in [-0.05, 0) is 23.3 Å². The highest BCUT2D eigenvalue weighted by molar-refractivity contribution is 7.89. The zero-order valence-corrected chi connectivity index (χ0v) is 17.8. The third kappa shape index (κ3) is 5.28. The molecule has 9 nitrogen and oxygen atoms in total. The number of aliphatic hydroxyl groups is 2. The van der Waals surface area contributed by atoms with E-state index in [1.165, 1.54) is 19.2 Å².